The van der Waals surface area contributed by atoms with Crippen LogP contribution in [0, 0.1) is 0 Å². The average molecular weight is 362 g/mol. The lowest BCUT2D eigenvalue weighted by molar-refractivity contribution is 0.0999. The molecule has 130 valence electrons. The lowest BCUT2D eigenvalue weighted by Gasteiger charge is -2.05. The van der Waals surface area contributed by atoms with Crippen LogP contribution in [0.1, 0.15) is 10.4 Å². The van der Waals surface area contributed by atoms with Gasteiger partial charge in [-0.2, -0.15) is 4.99 Å². The molecule has 26 heavy (non-hydrogen) atoms. The molecule has 0 bridgehead atoms. The van der Waals surface area contributed by atoms with Gasteiger partial charge in [-0.15, -0.1) is 0 Å². The molecule has 0 fully saturated rings. The number of methoxy groups -OCH3 is 1. The molecule has 0 atom stereocenters. The third-order valence-electron chi connectivity index (χ3n) is 4.32. The Morgan fingerprint density at radius 1 is 1.04 bits per heavy atom. The molecule has 5 heteroatoms. The Bertz CT molecular complexity index is 1150. The van der Waals surface area contributed by atoms with Crippen molar-refractivity contribution in [2.24, 2.45) is 4.99 Å². The third kappa shape index (κ3) is 3.07. The third-order valence-corrected chi connectivity index (χ3v) is 5.38. The van der Waals surface area contributed by atoms with Crippen LogP contribution in [0.5, 0.6) is 0 Å². The number of fused-ring (bicyclic) bond motifs is 2. The van der Waals surface area contributed by atoms with Gasteiger partial charge in [0.2, 0.25) is 0 Å². The van der Waals surface area contributed by atoms with E-state index in [0.717, 1.165) is 21.0 Å². The van der Waals surface area contributed by atoms with Gasteiger partial charge in [-0.05, 0) is 29.0 Å². The Balaban J connectivity index is 1.86. The van der Waals surface area contributed by atoms with Crippen LogP contribution >= 0.6 is 11.3 Å². The number of carbonyl (C=O) groups is 1. The molecule has 4 aromatic rings. The van der Waals surface area contributed by atoms with Gasteiger partial charge < -0.3 is 9.30 Å². The van der Waals surface area contributed by atoms with Crippen LogP contribution in [0.15, 0.2) is 71.7 Å². The number of aromatic nitrogens is 1. The Hall–Kier alpha value is -2.76. The summed E-state index contributed by atoms with van der Waals surface area (Å²) in [5.74, 6) is -0.223. The molecule has 1 amide bonds. The number of rotatable bonds is 4. The van der Waals surface area contributed by atoms with Gasteiger partial charge in [0, 0.05) is 19.2 Å². The summed E-state index contributed by atoms with van der Waals surface area (Å²) in [5.41, 5.74) is 1.69. The lowest BCUT2D eigenvalue weighted by Crippen LogP contribution is -2.19. The van der Waals surface area contributed by atoms with Crippen LogP contribution in [0.4, 0.5) is 0 Å². The zero-order valence-corrected chi connectivity index (χ0v) is 15.2. The summed E-state index contributed by atoms with van der Waals surface area (Å²) in [6.07, 6.45) is 0. The number of hydrogen-bond donors (Lipinski definition) is 0. The van der Waals surface area contributed by atoms with Crippen molar-refractivity contribution in [2.45, 2.75) is 6.54 Å². The quantitative estimate of drug-likeness (QED) is 0.545. The molecule has 4 rings (SSSR count). The first-order chi connectivity index (χ1) is 12.8. The SMILES string of the molecule is COCCn1/c(=N/C(=O)c2cccc3ccccc23)sc2ccccc21. The number of carbonyl (C=O) groups excluding carboxylic acids is 1. The van der Waals surface area contributed by atoms with Crippen molar-refractivity contribution >= 4 is 38.2 Å². The van der Waals surface area contributed by atoms with Crippen molar-refractivity contribution in [3.8, 4) is 0 Å². The highest BCUT2D eigenvalue weighted by Gasteiger charge is 2.11. The highest BCUT2D eigenvalue weighted by molar-refractivity contribution is 7.16. The molecule has 1 heterocycles. The zero-order valence-electron chi connectivity index (χ0n) is 14.4. The van der Waals surface area contributed by atoms with Gasteiger partial charge in [0.25, 0.3) is 5.91 Å². The first kappa shape index (κ1) is 16.7. The molecule has 0 aliphatic carbocycles. The molecule has 0 saturated heterocycles. The minimum atomic E-state index is -0.223. The van der Waals surface area contributed by atoms with Gasteiger partial charge in [0.05, 0.1) is 16.8 Å². The number of thiazole rings is 1. The molecular weight excluding hydrogens is 344 g/mol. The monoisotopic (exact) mass is 362 g/mol. The highest BCUT2D eigenvalue weighted by atomic mass is 32.1. The maximum absolute atomic E-state index is 12.9. The summed E-state index contributed by atoms with van der Waals surface area (Å²) in [7, 11) is 1.67. The van der Waals surface area contributed by atoms with Crippen molar-refractivity contribution in [1.82, 2.24) is 4.57 Å². The molecule has 0 N–H and O–H groups in total. The summed E-state index contributed by atoms with van der Waals surface area (Å²) in [6, 6.07) is 21.7. The van der Waals surface area contributed by atoms with Gasteiger partial charge >= 0.3 is 0 Å². The van der Waals surface area contributed by atoms with Crippen LogP contribution in [0.2, 0.25) is 0 Å². The molecule has 0 unspecified atom stereocenters. The minimum absolute atomic E-state index is 0.223. The molecule has 3 aromatic carbocycles. The van der Waals surface area contributed by atoms with E-state index < -0.39 is 0 Å². The van der Waals surface area contributed by atoms with Crippen LogP contribution in [-0.2, 0) is 11.3 Å². The Morgan fingerprint density at radius 2 is 1.81 bits per heavy atom. The predicted molar refractivity (Wildman–Crippen MR) is 106 cm³/mol. The molecule has 0 aliphatic heterocycles. The van der Waals surface area contributed by atoms with Crippen molar-refractivity contribution in [1.29, 1.82) is 0 Å². The topological polar surface area (TPSA) is 43.6 Å². The number of ether oxygens (including phenoxy) is 1. The van der Waals surface area contributed by atoms with Gasteiger partial charge in [-0.1, -0.05) is 59.9 Å². The maximum Gasteiger partial charge on any atom is 0.280 e. The highest BCUT2D eigenvalue weighted by Crippen LogP contribution is 2.20. The van der Waals surface area contributed by atoms with E-state index in [1.165, 1.54) is 11.3 Å². The number of benzene rings is 3. The van der Waals surface area contributed by atoms with Crippen molar-refractivity contribution in [3.63, 3.8) is 0 Å². The Labute approximate surface area is 155 Å². The summed E-state index contributed by atoms with van der Waals surface area (Å²) < 4.78 is 8.38. The molecule has 4 nitrogen and oxygen atoms in total. The average Bonchev–Trinajstić information content (AvgIpc) is 3.02. The Kier molecular flexibility index (Phi) is 4.65. The number of para-hydroxylation sites is 1. The van der Waals surface area contributed by atoms with E-state index in [-0.39, 0.29) is 5.91 Å². The second-order valence-electron chi connectivity index (χ2n) is 5.94. The fraction of sp³-hybridized carbons (Fsp3) is 0.143. The van der Waals surface area contributed by atoms with Crippen LogP contribution < -0.4 is 4.80 Å². The van der Waals surface area contributed by atoms with Gasteiger partial charge in [-0.3, -0.25) is 4.79 Å². The van der Waals surface area contributed by atoms with Crippen LogP contribution in [0.25, 0.3) is 21.0 Å². The number of amides is 1. The lowest BCUT2D eigenvalue weighted by atomic mass is 10.0. The van der Waals surface area contributed by atoms with E-state index >= 15 is 0 Å². The molecule has 0 aliphatic rings. The fourth-order valence-corrected chi connectivity index (χ4v) is 4.12. The second kappa shape index (κ2) is 7.23. The van der Waals surface area contributed by atoms with E-state index in [2.05, 4.69) is 4.99 Å². The normalized spacial score (nSPS) is 12.1. The molecule has 0 radical (unpaired) electrons. The summed E-state index contributed by atoms with van der Waals surface area (Å²) in [5, 5.41) is 1.96. The van der Waals surface area contributed by atoms with Crippen molar-refractivity contribution in [3.05, 3.63) is 77.1 Å². The van der Waals surface area contributed by atoms with Crippen molar-refractivity contribution < 1.29 is 9.53 Å². The standard InChI is InChI=1S/C21H18N2O2S/c1-25-14-13-23-18-11-4-5-12-19(18)26-21(23)22-20(24)17-10-6-8-15-7-2-3-9-16(15)17/h2-12H,13-14H2,1H3/b22-21-. The zero-order chi connectivity index (χ0) is 17.9. The van der Waals surface area contributed by atoms with E-state index in [1.54, 1.807) is 7.11 Å². The number of hydrogen-bond acceptors (Lipinski definition) is 3. The minimum Gasteiger partial charge on any atom is -0.383 e. The van der Waals surface area contributed by atoms with E-state index in [4.69, 9.17) is 4.74 Å². The van der Waals surface area contributed by atoms with E-state index in [0.29, 0.717) is 23.5 Å². The number of nitrogens with zero attached hydrogens (tertiary/aromatic N) is 2. The first-order valence-electron chi connectivity index (χ1n) is 8.42. The van der Waals surface area contributed by atoms with Crippen LogP contribution in [0.3, 0.4) is 0 Å². The van der Waals surface area contributed by atoms with Gasteiger partial charge in [-0.25, -0.2) is 0 Å². The molecular formula is C21H18N2O2S. The molecule has 1 aromatic heterocycles. The van der Waals surface area contributed by atoms with E-state index in [9.17, 15) is 4.79 Å². The summed E-state index contributed by atoms with van der Waals surface area (Å²) in [6.45, 7) is 1.22. The maximum atomic E-state index is 12.9. The fourth-order valence-electron chi connectivity index (χ4n) is 3.06. The molecule has 0 saturated carbocycles. The van der Waals surface area contributed by atoms with Crippen molar-refractivity contribution in [2.75, 3.05) is 13.7 Å². The largest absolute Gasteiger partial charge is 0.383 e. The smallest absolute Gasteiger partial charge is 0.280 e. The second-order valence-corrected chi connectivity index (χ2v) is 6.95. The molecule has 0 spiro atoms. The Morgan fingerprint density at radius 3 is 2.69 bits per heavy atom. The first-order valence-corrected chi connectivity index (χ1v) is 9.24. The van der Waals surface area contributed by atoms with Crippen LogP contribution in [-0.4, -0.2) is 24.2 Å². The van der Waals surface area contributed by atoms with E-state index in [1.807, 2.05) is 71.3 Å². The summed E-state index contributed by atoms with van der Waals surface area (Å²) in [4.78, 5) is 18.1. The van der Waals surface area contributed by atoms with Gasteiger partial charge in [0.15, 0.2) is 4.80 Å². The van der Waals surface area contributed by atoms with Gasteiger partial charge in [0.1, 0.15) is 0 Å². The summed E-state index contributed by atoms with van der Waals surface area (Å²) >= 11 is 1.52. The predicted octanol–water partition coefficient (Wildman–Crippen LogP) is 4.24.